The smallest absolute Gasteiger partial charge is 0.132 e. The number of hydrogen-bond acceptors (Lipinski definition) is 4. The van der Waals surface area contributed by atoms with Crippen LogP contribution in [-0.4, -0.2) is 21.5 Å². The topological polar surface area (TPSA) is 50.7 Å². The molecule has 1 N–H and O–H groups in total. The van der Waals surface area contributed by atoms with Gasteiger partial charge in [0, 0.05) is 42.3 Å². The normalized spacial score (nSPS) is 17.8. The molecule has 0 fully saturated rings. The maximum absolute atomic E-state index is 4.77. The second kappa shape index (κ2) is 6.09. The van der Waals surface area contributed by atoms with Crippen molar-refractivity contribution < 1.29 is 0 Å². The Bertz CT molecular complexity index is 568. The van der Waals surface area contributed by atoms with Crippen LogP contribution in [0.1, 0.15) is 48.5 Å². The van der Waals surface area contributed by atoms with Crippen LogP contribution in [0.2, 0.25) is 0 Å². The van der Waals surface area contributed by atoms with Crippen LogP contribution in [0.15, 0.2) is 30.7 Å². The number of hydrogen-bond donors (Lipinski definition) is 1. The zero-order chi connectivity index (χ0) is 13.8. The lowest BCUT2D eigenvalue weighted by molar-refractivity contribution is 0.463. The number of fused-ring (bicyclic) bond motifs is 1. The molecule has 0 saturated heterocycles. The second-order valence-electron chi connectivity index (χ2n) is 5.22. The number of aryl methyl sites for hydroxylation is 1. The van der Waals surface area contributed by atoms with Crippen LogP contribution in [0.3, 0.4) is 0 Å². The van der Waals surface area contributed by atoms with Crippen LogP contribution in [-0.2, 0) is 12.8 Å². The van der Waals surface area contributed by atoms with E-state index in [9.17, 15) is 0 Å². The first-order valence-electron chi connectivity index (χ1n) is 7.34. The minimum atomic E-state index is 0.429. The van der Waals surface area contributed by atoms with Crippen LogP contribution in [0.5, 0.6) is 0 Å². The Morgan fingerprint density at radius 2 is 2.15 bits per heavy atom. The highest BCUT2D eigenvalue weighted by Gasteiger charge is 2.21. The zero-order valence-corrected chi connectivity index (χ0v) is 11.8. The van der Waals surface area contributed by atoms with Gasteiger partial charge in [0.2, 0.25) is 0 Å². The van der Waals surface area contributed by atoms with Crippen molar-refractivity contribution in [3.8, 4) is 0 Å². The van der Waals surface area contributed by atoms with Crippen molar-refractivity contribution in [2.75, 3.05) is 6.54 Å². The molecule has 0 radical (unpaired) electrons. The molecule has 0 saturated carbocycles. The minimum Gasteiger partial charge on any atom is -0.310 e. The molecule has 2 heterocycles. The molecule has 0 aliphatic heterocycles. The molecule has 20 heavy (non-hydrogen) atoms. The molecule has 2 aromatic rings. The van der Waals surface area contributed by atoms with Crippen molar-refractivity contribution in [1.29, 1.82) is 0 Å². The van der Waals surface area contributed by atoms with Gasteiger partial charge in [-0.1, -0.05) is 6.92 Å². The number of pyridine rings is 1. The average Bonchev–Trinajstić information content (AvgIpc) is 2.49. The molecule has 0 amide bonds. The average molecular weight is 268 g/mol. The Morgan fingerprint density at radius 1 is 1.30 bits per heavy atom. The van der Waals surface area contributed by atoms with Gasteiger partial charge < -0.3 is 5.32 Å². The van der Waals surface area contributed by atoms with Crippen molar-refractivity contribution in [2.45, 2.75) is 38.6 Å². The number of rotatable bonds is 4. The van der Waals surface area contributed by atoms with E-state index in [1.54, 1.807) is 0 Å². The molecule has 2 aromatic heterocycles. The molecule has 4 heteroatoms. The van der Waals surface area contributed by atoms with Crippen molar-refractivity contribution >= 4 is 0 Å². The van der Waals surface area contributed by atoms with Crippen molar-refractivity contribution in [2.24, 2.45) is 0 Å². The van der Waals surface area contributed by atoms with E-state index in [0.29, 0.717) is 6.04 Å². The van der Waals surface area contributed by atoms with Crippen LogP contribution in [0.25, 0.3) is 0 Å². The number of nitrogens with one attached hydrogen (secondary N) is 1. The maximum Gasteiger partial charge on any atom is 0.132 e. The van der Waals surface area contributed by atoms with Crippen LogP contribution < -0.4 is 5.32 Å². The molecule has 1 aliphatic rings. The highest BCUT2D eigenvalue weighted by atomic mass is 14.9. The van der Waals surface area contributed by atoms with E-state index >= 15 is 0 Å². The summed E-state index contributed by atoms with van der Waals surface area (Å²) in [6, 6.07) is 4.47. The molecular weight excluding hydrogens is 248 g/mol. The Labute approximate surface area is 119 Å². The summed E-state index contributed by atoms with van der Waals surface area (Å²) in [4.78, 5) is 13.4. The third-order valence-corrected chi connectivity index (χ3v) is 3.79. The lowest BCUT2D eigenvalue weighted by atomic mass is 9.92. The van der Waals surface area contributed by atoms with Gasteiger partial charge in [-0.3, -0.25) is 4.98 Å². The molecule has 0 bridgehead atoms. The summed E-state index contributed by atoms with van der Waals surface area (Å²) in [5, 5.41) is 3.52. The van der Waals surface area contributed by atoms with E-state index in [0.717, 1.165) is 25.2 Å². The second-order valence-corrected chi connectivity index (χ2v) is 5.22. The Balaban J connectivity index is 1.82. The SMILES string of the molecule is CCNC1CCCc2nc(Cc3ccncc3)ncc21. The monoisotopic (exact) mass is 268 g/mol. The fourth-order valence-corrected chi connectivity index (χ4v) is 2.82. The van der Waals surface area contributed by atoms with E-state index in [1.165, 1.54) is 29.7 Å². The van der Waals surface area contributed by atoms with Gasteiger partial charge in [-0.15, -0.1) is 0 Å². The van der Waals surface area contributed by atoms with Gasteiger partial charge in [0.05, 0.1) is 0 Å². The predicted molar refractivity (Wildman–Crippen MR) is 78.4 cm³/mol. The van der Waals surface area contributed by atoms with E-state index < -0.39 is 0 Å². The standard InChI is InChI=1S/C16H20N4/c1-2-18-14-4-3-5-15-13(14)11-19-16(20-15)10-12-6-8-17-9-7-12/h6-9,11,14,18H,2-5,10H2,1H3. The Morgan fingerprint density at radius 3 is 2.95 bits per heavy atom. The largest absolute Gasteiger partial charge is 0.310 e. The maximum atomic E-state index is 4.77. The minimum absolute atomic E-state index is 0.429. The molecule has 0 aromatic carbocycles. The highest BCUT2D eigenvalue weighted by Crippen LogP contribution is 2.28. The first-order valence-corrected chi connectivity index (χ1v) is 7.34. The summed E-state index contributed by atoms with van der Waals surface area (Å²) < 4.78 is 0. The quantitative estimate of drug-likeness (QED) is 0.925. The third kappa shape index (κ3) is 2.85. The van der Waals surface area contributed by atoms with Gasteiger partial charge in [0.25, 0.3) is 0 Å². The number of aromatic nitrogens is 3. The van der Waals surface area contributed by atoms with Crippen LogP contribution in [0, 0.1) is 0 Å². The van der Waals surface area contributed by atoms with Gasteiger partial charge >= 0.3 is 0 Å². The highest BCUT2D eigenvalue weighted by molar-refractivity contribution is 5.26. The molecular formula is C16H20N4. The molecule has 3 rings (SSSR count). The van der Waals surface area contributed by atoms with Gasteiger partial charge in [0.15, 0.2) is 0 Å². The van der Waals surface area contributed by atoms with Gasteiger partial charge in [0.1, 0.15) is 5.82 Å². The van der Waals surface area contributed by atoms with E-state index in [-0.39, 0.29) is 0 Å². The van der Waals surface area contributed by atoms with E-state index in [4.69, 9.17) is 4.98 Å². The zero-order valence-electron chi connectivity index (χ0n) is 11.8. The summed E-state index contributed by atoms with van der Waals surface area (Å²) in [5.41, 5.74) is 3.72. The molecule has 4 nitrogen and oxygen atoms in total. The van der Waals surface area contributed by atoms with E-state index in [2.05, 4.69) is 22.2 Å². The fraction of sp³-hybridized carbons (Fsp3) is 0.438. The van der Waals surface area contributed by atoms with Crippen molar-refractivity contribution in [1.82, 2.24) is 20.3 Å². The number of nitrogens with zero attached hydrogens (tertiary/aromatic N) is 3. The Kier molecular flexibility index (Phi) is 4.02. The van der Waals surface area contributed by atoms with Gasteiger partial charge in [-0.25, -0.2) is 9.97 Å². The van der Waals surface area contributed by atoms with Gasteiger partial charge in [-0.2, -0.15) is 0 Å². The lowest BCUT2D eigenvalue weighted by Crippen LogP contribution is -2.26. The predicted octanol–water partition coefficient (Wildman–Crippen LogP) is 2.45. The van der Waals surface area contributed by atoms with Crippen molar-refractivity contribution in [3.63, 3.8) is 0 Å². The molecule has 1 atom stereocenters. The molecule has 104 valence electrons. The first-order chi connectivity index (χ1) is 9.86. The summed E-state index contributed by atoms with van der Waals surface area (Å²) >= 11 is 0. The molecule has 0 spiro atoms. The summed E-state index contributed by atoms with van der Waals surface area (Å²) in [5.74, 6) is 0.909. The molecule has 1 unspecified atom stereocenters. The van der Waals surface area contributed by atoms with E-state index in [1.807, 2.05) is 30.7 Å². The summed E-state index contributed by atoms with van der Waals surface area (Å²) in [6.07, 6.45) is 9.89. The van der Waals surface area contributed by atoms with Crippen molar-refractivity contribution in [3.05, 3.63) is 53.4 Å². The fourth-order valence-electron chi connectivity index (χ4n) is 2.82. The van der Waals surface area contributed by atoms with Gasteiger partial charge in [-0.05, 0) is 43.5 Å². The Hall–Kier alpha value is -1.81. The summed E-state index contributed by atoms with van der Waals surface area (Å²) in [7, 11) is 0. The molecule has 1 aliphatic carbocycles. The van der Waals surface area contributed by atoms with Crippen LogP contribution in [0.4, 0.5) is 0 Å². The lowest BCUT2D eigenvalue weighted by Gasteiger charge is -2.25. The summed E-state index contributed by atoms with van der Waals surface area (Å²) in [6.45, 7) is 3.13. The first kappa shape index (κ1) is 13.2. The van der Waals surface area contributed by atoms with Crippen LogP contribution >= 0.6 is 0 Å². The third-order valence-electron chi connectivity index (χ3n) is 3.79.